The Bertz CT molecular complexity index is 1220. The van der Waals surface area contributed by atoms with Crippen molar-refractivity contribution in [2.75, 3.05) is 26.1 Å². The molecule has 2 aromatic carbocycles. The molecule has 0 saturated carbocycles. The van der Waals surface area contributed by atoms with E-state index >= 15 is 0 Å². The Balaban J connectivity index is 1.79. The molecule has 7 nitrogen and oxygen atoms in total. The SMILES string of the molecule is COc1cc2c(cc1OC)[C@H](c1cccs1)N(S(=O)(=O)c1ccc(NC(C)=O)cc1)CC2. The van der Waals surface area contributed by atoms with Crippen molar-refractivity contribution in [3.63, 3.8) is 0 Å². The van der Waals surface area contributed by atoms with E-state index in [1.807, 2.05) is 29.6 Å². The van der Waals surface area contributed by atoms with Crippen LogP contribution in [0.5, 0.6) is 11.5 Å². The van der Waals surface area contributed by atoms with Crippen molar-refractivity contribution in [3.8, 4) is 11.5 Å². The van der Waals surface area contributed by atoms with E-state index in [-0.39, 0.29) is 10.8 Å². The first-order chi connectivity index (χ1) is 15.3. The van der Waals surface area contributed by atoms with Crippen LogP contribution in [0.15, 0.2) is 58.8 Å². The molecule has 1 aliphatic rings. The van der Waals surface area contributed by atoms with Crippen LogP contribution in [-0.4, -0.2) is 39.4 Å². The van der Waals surface area contributed by atoms with Gasteiger partial charge in [-0.1, -0.05) is 6.07 Å². The minimum Gasteiger partial charge on any atom is -0.493 e. The maximum absolute atomic E-state index is 13.7. The molecule has 0 radical (unpaired) electrons. The number of anilines is 1. The average molecular weight is 473 g/mol. The van der Waals surface area contributed by atoms with E-state index in [0.717, 1.165) is 16.0 Å². The molecule has 1 N–H and O–H groups in total. The molecule has 0 spiro atoms. The highest BCUT2D eigenvalue weighted by Crippen LogP contribution is 2.44. The van der Waals surface area contributed by atoms with Crippen molar-refractivity contribution in [3.05, 3.63) is 69.9 Å². The highest BCUT2D eigenvalue weighted by molar-refractivity contribution is 7.89. The zero-order chi connectivity index (χ0) is 22.9. The van der Waals surface area contributed by atoms with E-state index in [4.69, 9.17) is 9.47 Å². The monoisotopic (exact) mass is 472 g/mol. The van der Waals surface area contributed by atoms with Gasteiger partial charge in [-0.3, -0.25) is 4.79 Å². The van der Waals surface area contributed by atoms with Crippen LogP contribution in [0.25, 0.3) is 0 Å². The summed E-state index contributed by atoms with van der Waals surface area (Å²) in [6.07, 6.45) is 0.556. The fourth-order valence-corrected chi connectivity index (χ4v) is 6.48. The van der Waals surface area contributed by atoms with Gasteiger partial charge in [0.1, 0.15) is 0 Å². The number of amides is 1. The van der Waals surface area contributed by atoms with Gasteiger partial charge in [0.05, 0.1) is 25.2 Å². The van der Waals surface area contributed by atoms with Crippen LogP contribution in [0, 0.1) is 0 Å². The Morgan fingerprint density at radius 3 is 2.38 bits per heavy atom. The number of methoxy groups -OCH3 is 2. The van der Waals surface area contributed by atoms with Gasteiger partial charge < -0.3 is 14.8 Å². The molecule has 3 aromatic rings. The summed E-state index contributed by atoms with van der Waals surface area (Å²) in [5.41, 5.74) is 2.47. The number of carbonyl (C=O) groups excluding carboxylic acids is 1. The Morgan fingerprint density at radius 1 is 1.09 bits per heavy atom. The second-order valence-corrected chi connectivity index (χ2v) is 10.3. The van der Waals surface area contributed by atoms with Gasteiger partial charge in [0.25, 0.3) is 0 Å². The third-order valence-electron chi connectivity index (χ3n) is 5.42. The highest BCUT2D eigenvalue weighted by atomic mass is 32.2. The van der Waals surface area contributed by atoms with Crippen LogP contribution in [0.1, 0.15) is 29.0 Å². The van der Waals surface area contributed by atoms with E-state index in [9.17, 15) is 13.2 Å². The molecule has 0 saturated heterocycles. The summed E-state index contributed by atoms with van der Waals surface area (Å²) in [5.74, 6) is 0.975. The Labute approximate surface area is 191 Å². The largest absolute Gasteiger partial charge is 0.493 e. The zero-order valence-electron chi connectivity index (χ0n) is 18.0. The third kappa shape index (κ3) is 4.11. The summed E-state index contributed by atoms with van der Waals surface area (Å²) >= 11 is 1.52. The van der Waals surface area contributed by atoms with E-state index < -0.39 is 16.1 Å². The van der Waals surface area contributed by atoms with Crippen molar-refractivity contribution in [1.29, 1.82) is 0 Å². The van der Waals surface area contributed by atoms with E-state index in [1.54, 1.807) is 30.7 Å². The van der Waals surface area contributed by atoms with Gasteiger partial charge in [0.15, 0.2) is 11.5 Å². The van der Waals surface area contributed by atoms with Gasteiger partial charge in [-0.15, -0.1) is 11.3 Å². The molecule has 168 valence electrons. The van der Waals surface area contributed by atoms with Crippen LogP contribution in [0.4, 0.5) is 5.69 Å². The predicted octanol–water partition coefficient (Wildman–Crippen LogP) is 4.06. The summed E-state index contributed by atoms with van der Waals surface area (Å²) in [7, 11) is -0.649. The summed E-state index contributed by atoms with van der Waals surface area (Å²) in [6.45, 7) is 1.74. The van der Waals surface area contributed by atoms with Crippen LogP contribution < -0.4 is 14.8 Å². The van der Waals surface area contributed by atoms with Crippen molar-refractivity contribution < 1.29 is 22.7 Å². The first-order valence-electron chi connectivity index (χ1n) is 10.0. The van der Waals surface area contributed by atoms with Crippen molar-refractivity contribution in [2.45, 2.75) is 24.3 Å². The predicted molar refractivity (Wildman–Crippen MR) is 124 cm³/mol. The topological polar surface area (TPSA) is 84.9 Å². The molecule has 0 aliphatic carbocycles. The van der Waals surface area contributed by atoms with Crippen LogP contribution in [0.2, 0.25) is 0 Å². The Morgan fingerprint density at radius 2 is 1.78 bits per heavy atom. The van der Waals surface area contributed by atoms with Crippen LogP contribution in [-0.2, 0) is 21.2 Å². The second-order valence-electron chi connectivity index (χ2n) is 7.40. The fourth-order valence-electron chi connectivity index (χ4n) is 3.97. The molecule has 32 heavy (non-hydrogen) atoms. The molecule has 0 unspecified atom stereocenters. The lowest BCUT2D eigenvalue weighted by atomic mass is 9.92. The van der Waals surface area contributed by atoms with E-state index in [1.165, 1.54) is 30.4 Å². The molecule has 1 atom stereocenters. The van der Waals surface area contributed by atoms with Gasteiger partial charge >= 0.3 is 0 Å². The molecule has 9 heteroatoms. The number of fused-ring (bicyclic) bond motifs is 1. The van der Waals surface area contributed by atoms with E-state index in [0.29, 0.717) is 30.2 Å². The number of nitrogens with zero attached hydrogens (tertiary/aromatic N) is 1. The summed E-state index contributed by atoms with van der Waals surface area (Å²) < 4.78 is 39.9. The summed E-state index contributed by atoms with van der Waals surface area (Å²) in [4.78, 5) is 12.4. The van der Waals surface area contributed by atoms with Crippen molar-refractivity contribution >= 4 is 33.0 Å². The molecule has 1 aliphatic heterocycles. The number of sulfonamides is 1. The lowest BCUT2D eigenvalue weighted by Crippen LogP contribution is -2.40. The smallest absolute Gasteiger partial charge is 0.243 e. The minimum absolute atomic E-state index is 0.178. The van der Waals surface area contributed by atoms with Crippen molar-refractivity contribution in [1.82, 2.24) is 4.31 Å². The average Bonchev–Trinajstić information content (AvgIpc) is 3.31. The molecule has 1 aromatic heterocycles. The quantitative estimate of drug-likeness (QED) is 0.585. The van der Waals surface area contributed by atoms with Crippen LogP contribution in [0.3, 0.4) is 0 Å². The third-order valence-corrected chi connectivity index (χ3v) is 8.23. The highest BCUT2D eigenvalue weighted by Gasteiger charge is 2.38. The molecule has 4 rings (SSSR count). The number of hydrogen-bond donors (Lipinski definition) is 1. The molecule has 0 bridgehead atoms. The van der Waals surface area contributed by atoms with Gasteiger partial charge in [-0.25, -0.2) is 8.42 Å². The number of benzene rings is 2. The Hall–Kier alpha value is -2.88. The zero-order valence-corrected chi connectivity index (χ0v) is 19.6. The molecule has 0 fully saturated rings. The maximum atomic E-state index is 13.7. The Kier molecular flexibility index (Phi) is 6.23. The number of ether oxygens (including phenoxy) is 2. The molecule has 2 heterocycles. The molecular formula is C23H24N2O5S2. The number of hydrogen-bond acceptors (Lipinski definition) is 6. The minimum atomic E-state index is -3.81. The number of carbonyl (C=O) groups is 1. The number of rotatable bonds is 6. The summed E-state index contributed by atoms with van der Waals surface area (Å²) in [6, 6.07) is 13.4. The molecule has 1 amide bonds. The van der Waals surface area contributed by atoms with Gasteiger partial charge in [-0.2, -0.15) is 4.31 Å². The lowest BCUT2D eigenvalue weighted by molar-refractivity contribution is -0.114. The first kappa shape index (κ1) is 22.3. The van der Waals surface area contributed by atoms with Crippen LogP contribution >= 0.6 is 11.3 Å². The fraction of sp³-hybridized carbons (Fsp3) is 0.261. The molecular weight excluding hydrogens is 448 g/mol. The normalized spacial score (nSPS) is 16.3. The second kappa shape index (κ2) is 8.93. The number of nitrogens with one attached hydrogen (secondary N) is 1. The summed E-state index contributed by atoms with van der Waals surface area (Å²) in [5, 5.41) is 4.60. The first-order valence-corrected chi connectivity index (χ1v) is 12.3. The van der Waals surface area contributed by atoms with Gasteiger partial charge in [0.2, 0.25) is 15.9 Å². The lowest BCUT2D eigenvalue weighted by Gasteiger charge is -2.36. The van der Waals surface area contributed by atoms with E-state index in [2.05, 4.69) is 5.32 Å². The maximum Gasteiger partial charge on any atom is 0.243 e. The van der Waals surface area contributed by atoms with Gasteiger partial charge in [0, 0.05) is 24.0 Å². The standard InChI is InChI=1S/C23H24N2O5S2/c1-15(26)24-17-6-8-18(9-7-17)32(27,28)25-11-10-16-13-20(29-2)21(30-3)14-19(16)23(25)22-5-4-12-31-22/h4-9,12-14,23H,10-11H2,1-3H3,(H,24,26)/t23-/m1/s1. The van der Waals surface area contributed by atoms with Crippen molar-refractivity contribution in [2.24, 2.45) is 0 Å². The number of thiophene rings is 1. The van der Waals surface area contributed by atoms with Gasteiger partial charge in [-0.05, 0) is 65.4 Å².